The van der Waals surface area contributed by atoms with Crippen LogP contribution in [0.3, 0.4) is 0 Å². The van der Waals surface area contributed by atoms with Crippen LogP contribution in [0.4, 0.5) is 11.4 Å². The van der Waals surface area contributed by atoms with Crippen LogP contribution in [0.1, 0.15) is 58.3 Å². The van der Waals surface area contributed by atoms with Gasteiger partial charge in [0.2, 0.25) is 0 Å². The van der Waals surface area contributed by atoms with Gasteiger partial charge in [-0.05, 0) is 67.6 Å². The Balaban J connectivity index is 1.41. The second kappa shape index (κ2) is 10.2. The fourth-order valence-corrected chi connectivity index (χ4v) is 4.80. The molecule has 36 heavy (non-hydrogen) atoms. The highest BCUT2D eigenvalue weighted by Gasteiger charge is 2.24. The van der Waals surface area contributed by atoms with Crippen LogP contribution in [0.15, 0.2) is 60.7 Å². The number of methoxy groups -OCH3 is 1. The number of rotatable bonds is 6. The molecule has 0 unspecified atom stereocenters. The molecule has 0 atom stereocenters. The molecule has 1 aliphatic rings. The van der Waals surface area contributed by atoms with Gasteiger partial charge in [0.15, 0.2) is 0 Å². The Bertz CT molecular complexity index is 1430. The monoisotopic (exact) mass is 482 g/mol. The lowest BCUT2D eigenvalue weighted by Gasteiger charge is -2.23. The number of hydrogen-bond donors (Lipinski definition) is 2. The summed E-state index contributed by atoms with van der Waals surface area (Å²) >= 11 is 0. The van der Waals surface area contributed by atoms with Gasteiger partial charge in [-0.1, -0.05) is 31.2 Å². The number of carbonyl (C=O) groups excluding carboxylic acids is 2. The van der Waals surface area contributed by atoms with E-state index in [9.17, 15) is 9.59 Å². The van der Waals surface area contributed by atoms with Crippen molar-refractivity contribution in [1.82, 2.24) is 9.97 Å². The molecule has 0 saturated carbocycles. The van der Waals surface area contributed by atoms with E-state index in [0.717, 1.165) is 54.6 Å². The number of carbonyl (C=O) groups is 2. The first-order valence-electron chi connectivity index (χ1n) is 12.5. The van der Waals surface area contributed by atoms with Crippen LogP contribution >= 0.6 is 0 Å². The minimum absolute atomic E-state index is 0.0978. The molecule has 2 amide bonds. The van der Waals surface area contributed by atoms with Crippen molar-refractivity contribution >= 4 is 34.2 Å². The first-order valence-corrected chi connectivity index (χ1v) is 12.5. The van der Waals surface area contributed by atoms with Crippen molar-refractivity contribution in [2.75, 3.05) is 23.9 Å². The predicted octanol–water partition coefficient (Wildman–Crippen LogP) is 5.76. The minimum atomic E-state index is -0.321. The van der Waals surface area contributed by atoms with Crippen molar-refractivity contribution in [2.24, 2.45) is 0 Å². The van der Waals surface area contributed by atoms with E-state index in [0.29, 0.717) is 29.1 Å². The van der Waals surface area contributed by atoms with E-state index < -0.39 is 0 Å². The third-order valence-corrected chi connectivity index (χ3v) is 6.60. The van der Waals surface area contributed by atoms with E-state index in [-0.39, 0.29) is 11.8 Å². The quantitative estimate of drug-likeness (QED) is 0.366. The number of aromatic amines is 1. The lowest BCUT2D eigenvalue weighted by Crippen LogP contribution is -2.31. The van der Waals surface area contributed by atoms with Crippen LogP contribution in [0.2, 0.25) is 0 Å². The maximum absolute atomic E-state index is 13.5. The highest BCUT2D eigenvalue weighted by Crippen LogP contribution is 2.30. The number of H-pyrrole nitrogens is 1. The van der Waals surface area contributed by atoms with Gasteiger partial charge in [0.25, 0.3) is 11.8 Å². The molecule has 0 saturated heterocycles. The van der Waals surface area contributed by atoms with Crippen molar-refractivity contribution in [3.8, 4) is 5.75 Å². The second-order valence-corrected chi connectivity index (χ2v) is 9.05. The predicted molar refractivity (Wildman–Crippen MR) is 142 cm³/mol. The number of imidazole rings is 1. The van der Waals surface area contributed by atoms with Gasteiger partial charge in [-0.15, -0.1) is 0 Å². The van der Waals surface area contributed by atoms with Gasteiger partial charge in [0.05, 0.1) is 23.9 Å². The highest BCUT2D eigenvalue weighted by atomic mass is 16.5. The zero-order valence-corrected chi connectivity index (χ0v) is 20.6. The molecule has 1 aromatic heterocycles. The summed E-state index contributed by atoms with van der Waals surface area (Å²) in [7, 11) is 1.51. The Morgan fingerprint density at radius 1 is 1.08 bits per heavy atom. The Kier molecular flexibility index (Phi) is 6.71. The van der Waals surface area contributed by atoms with Crippen LogP contribution in [-0.4, -0.2) is 35.4 Å². The van der Waals surface area contributed by atoms with Crippen LogP contribution in [0, 0.1) is 0 Å². The lowest BCUT2D eigenvalue weighted by atomic mass is 10.1. The summed E-state index contributed by atoms with van der Waals surface area (Å²) in [4.78, 5) is 36.6. The number of hydrogen-bond acceptors (Lipinski definition) is 4. The van der Waals surface area contributed by atoms with Crippen molar-refractivity contribution in [3.05, 3.63) is 83.2 Å². The molecule has 0 radical (unpaired) electrons. The molecular weight excluding hydrogens is 452 g/mol. The third kappa shape index (κ3) is 4.56. The van der Waals surface area contributed by atoms with E-state index in [1.807, 2.05) is 41.3 Å². The number of benzene rings is 3. The largest absolute Gasteiger partial charge is 0.496 e. The number of nitrogens with zero attached hydrogens (tertiary/aromatic N) is 2. The van der Waals surface area contributed by atoms with E-state index in [1.54, 1.807) is 18.2 Å². The van der Waals surface area contributed by atoms with E-state index in [4.69, 9.17) is 4.74 Å². The second-order valence-electron chi connectivity index (χ2n) is 9.05. The molecule has 0 bridgehead atoms. The van der Waals surface area contributed by atoms with Gasteiger partial charge in [-0.25, -0.2) is 4.98 Å². The number of nitrogens with one attached hydrogen (secondary N) is 2. The van der Waals surface area contributed by atoms with Crippen molar-refractivity contribution < 1.29 is 14.3 Å². The molecule has 1 aliphatic heterocycles. The lowest BCUT2D eigenvalue weighted by molar-refractivity contribution is 0.0982. The molecule has 0 spiro atoms. The van der Waals surface area contributed by atoms with Gasteiger partial charge in [0.1, 0.15) is 17.1 Å². The van der Waals surface area contributed by atoms with Gasteiger partial charge in [-0.3, -0.25) is 9.59 Å². The number of ether oxygens (including phenoxy) is 1. The molecule has 7 nitrogen and oxygen atoms in total. The minimum Gasteiger partial charge on any atom is -0.496 e. The molecule has 184 valence electrons. The summed E-state index contributed by atoms with van der Waals surface area (Å²) in [6.45, 7) is 2.76. The van der Waals surface area contributed by atoms with Crippen LogP contribution in [0.5, 0.6) is 5.75 Å². The molecule has 0 fully saturated rings. The Morgan fingerprint density at radius 2 is 1.94 bits per heavy atom. The highest BCUT2D eigenvalue weighted by molar-refractivity contribution is 6.11. The van der Waals surface area contributed by atoms with Gasteiger partial charge < -0.3 is 19.9 Å². The fourth-order valence-electron chi connectivity index (χ4n) is 4.80. The van der Waals surface area contributed by atoms with E-state index in [1.165, 1.54) is 12.7 Å². The number of para-hydroxylation sites is 2. The Hall–Kier alpha value is -4.13. The molecular formula is C29H30N4O3. The molecule has 2 heterocycles. The number of amides is 2. The number of anilines is 2. The van der Waals surface area contributed by atoms with Gasteiger partial charge in [0, 0.05) is 24.2 Å². The molecule has 5 rings (SSSR count). The number of fused-ring (bicyclic) bond motifs is 2. The average molecular weight is 483 g/mol. The smallest absolute Gasteiger partial charge is 0.259 e. The summed E-state index contributed by atoms with van der Waals surface area (Å²) in [5.74, 6) is 0.824. The summed E-state index contributed by atoms with van der Waals surface area (Å²) in [6.07, 6.45) is 4.77. The first kappa shape index (κ1) is 23.6. The summed E-state index contributed by atoms with van der Waals surface area (Å²) in [5, 5.41) is 2.97. The molecule has 4 aromatic rings. The Labute approximate surface area is 210 Å². The SMILES string of the molecule is CCCc1nc2c(NC(=O)c3ccc(C(=O)N4CCCCc5ccccc54)cc3OC)cccc2[nH]1. The third-order valence-electron chi connectivity index (χ3n) is 6.60. The molecule has 0 aliphatic carbocycles. The number of aryl methyl sites for hydroxylation is 2. The van der Waals surface area contributed by atoms with Crippen LogP contribution < -0.4 is 15.0 Å². The molecule has 2 N–H and O–H groups in total. The first-order chi connectivity index (χ1) is 17.6. The topological polar surface area (TPSA) is 87.3 Å². The average Bonchev–Trinajstić information content (AvgIpc) is 3.20. The Morgan fingerprint density at radius 3 is 2.78 bits per heavy atom. The molecule has 3 aromatic carbocycles. The van der Waals surface area contributed by atoms with E-state index >= 15 is 0 Å². The van der Waals surface area contributed by atoms with E-state index in [2.05, 4.69) is 28.3 Å². The zero-order valence-electron chi connectivity index (χ0n) is 20.6. The normalized spacial score (nSPS) is 13.2. The summed E-state index contributed by atoms with van der Waals surface area (Å²) in [5.41, 5.74) is 5.20. The number of aromatic nitrogens is 2. The van der Waals surface area contributed by atoms with Crippen molar-refractivity contribution in [2.45, 2.75) is 39.0 Å². The maximum Gasteiger partial charge on any atom is 0.259 e. The van der Waals surface area contributed by atoms with Crippen LogP contribution in [-0.2, 0) is 12.8 Å². The summed E-state index contributed by atoms with van der Waals surface area (Å²) in [6, 6.07) is 18.7. The zero-order chi connectivity index (χ0) is 25.1. The van der Waals surface area contributed by atoms with Crippen molar-refractivity contribution in [3.63, 3.8) is 0 Å². The van der Waals surface area contributed by atoms with Crippen LogP contribution in [0.25, 0.3) is 11.0 Å². The maximum atomic E-state index is 13.5. The summed E-state index contributed by atoms with van der Waals surface area (Å²) < 4.78 is 5.55. The van der Waals surface area contributed by atoms with Gasteiger partial charge in [-0.2, -0.15) is 0 Å². The van der Waals surface area contributed by atoms with Crippen molar-refractivity contribution in [1.29, 1.82) is 0 Å². The molecule has 7 heteroatoms. The fraction of sp³-hybridized carbons (Fsp3) is 0.276. The van der Waals surface area contributed by atoms with Gasteiger partial charge >= 0.3 is 0 Å². The standard InChI is InChI=1S/C29H30N4O3/c1-3-9-26-30-22-12-8-13-23(27(22)32-26)31-28(34)21-16-15-20(18-25(21)36-2)29(35)33-17-7-6-11-19-10-4-5-14-24(19)33/h4-5,8,10,12-16,18H,3,6-7,9,11,17H2,1-2H3,(H,30,32)(H,31,34).